The molecule has 0 saturated heterocycles. The second-order valence-electron chi connectivity index (χ2n) is 5.78. The van der Waals surface area contributed by atoms with Gasteiger partial charge in [-0.2, -0.15) is 5.10 Å². The van der Waals surface area contributed by atoms with Gasteiger partial charge in [-0.3, -0.25) is 4.68 Å². The number of aromatic nitrogens is 2. The lowest BCUT2D eigenvalue weighted by molar-refractivity contribution is 0.354. The molecule has 110 valence electrons. The van der Waals surface area contributed by atoms with Gasteiger partial charge in [-0.25, -0.2) is 0 Å². The van der Waals surface area contributed by atoms with Gasteiger partial charge < -0.3 is 10.2 Å². The van der Waals surface area contributed by atoms with Gasteiger partial charge in [0.15, 0.2) is 0 Å². The predicted octanol–water partition coefficient (Wildman–Crippen LogP) is 2.51. The molecule has 0 aliphatic rings. The van der Waals surface area contributed by atoms with E-state index < -0.39 is 0 Å². The summed E-state index contributed by atoms with van der Waals surface area (Å²) >= 11 is 0. The Morgan fingerprint density at radius 3 is 2.37 bits per heavy atom. The highest BCUT2D eigenvalue weighted by atomic mass is 15.3. The van der Waals surface area contributed by atoms with E-state index >= 15 is 0 Å². The minimum absolute atomic E-state index is 0.359. The van der Waals surface area contributed by atoms with E-state index in [2.05, 4.69) is 68.7 Å². The van der Waals surface area contributed by atoms with Crippen LogP contribution in [0.5, 0.6) is 0 Å². The zero-order valence-corrected chi connectivity index (χ0v) is 13.6. The molecule has 0 radical (unpaired) electrons. The van der Waals surface area contributed by atoms with Gasteiger partial charge in [-0.1, -0.05) is 0 Å². The van der Waals surface area contributed by atoms with Crippen LogP contribution in [-0.4, -0.2) is 41.4 Å². The van der Waals surface area contributed by atoms with Gasteiger partial charge in [0.05, 0.1) is 5.69 Å². The first kappa shape index (κ1) is 16.2. The highest BCUT2D eigenvalue weighted by Gasteiger charge is 2.18. The van der Waals surface area contributed by atoms with Gasteiger partial charge in [-0.15, -0.1) is 0 Å². The van der Waals surface area contributed by atoms with Crippen LogP contribution in [0.25, 0.3) is 0 Å². The first-order valence-corrected chi connectivity index (χ1v) is 7.31. The maximum absolute atomic E-state index is 4.60. The number of nitrogens with one attached hydrogen (secondary N) is 1. The minimum Gasteiger partial charge on any atom is -0.309 e. The first-order chi connectivity index (χ1) is 8.86. The molecule has 0 spiro atoms. The Kier molecular flexibility index (Phi) is 6.01. The average molecular weight is 266 g/mol. The molecule has 19 heavy (non-hydrogen) atoms. The second-order valence-corrected chi connectivity index (χ2v) is 5.78. The molecule has 0 aromatic carbocycles. The molecule has 1 aromatic rings. The molecule has 0 amide bonds. The van der Waals surface area contributed by atoms with Crippen LogP contribution in [-0.2, 0) is 6.54 Å². The second kappa shape index (κ2) is 7.06. The summed E-state index contributed by atoms with van der Waals surface area (Å²) in [5.74, 6) is 0. The average Bonchev–Trinajstić information content (AvgIpc) is 2.61. The lowest BCUT2D eigenvalue weighted by atomic mass is 10.0. The van der Waals surface area contributed by atoms with Crippen LogP contribution >= 0.6 is 0 Å². The van der Waals surface area contributed by atoms with Crippen molar-refractivity contribution in [1.82, 2.24) is 20.0 Å². The van der Waals surface area contributed by atoms with Crippen LogP contribution in [0.1, 0.15) is 50.2 Å². The van der Waals surface area contributed by atoms with E-state index in [0.29, 0.717) is 12.1 Å². The Balaban J connectivity index is 2.67. The molecular formula is C15H30N4. The number of rotatable bonds is 7. The number of hydrogen-bond acceptors (Lipinski definition) is 3. The van der Waals surface area contributed by atoms with Gasteiger partial charge in [0, 0.05) is 29.9 Å². The molecule has 0 bridgehead atoms. The monoisotopic (exact) mass is 266 g/mol. The van der Waals surface area contributed by atoms with E-state index in [1.165, 1.54) is 11.3 Å². The Hall–Kier alpha value is -0.870. The van der Waals surface area contributed by atoms with E-state index in [1.54, 1.807) is 0 Å². The van der Waals surface area contributed by atoms with E-state index in [1.807, 2.05) is 0 Å². The topological polar surface area (TPSA) is 33.1 Å². The van der Waals surface area contributed by atoms with Crippen molar-refractivity contribution in [2.45, 2.75) is 59.7 Å². The maximum atomic E-state index is 4.60. The van der Waals surface area contributed by atoms with Crippen LogP contribution in [0, 0.1) is 13.8 Å². The fourth-order valence-electron chi connectivity index (χ4n) is 2.69. The third kappa shape index (κ3) is 4.32. The van der Waals surface area contributed by atoms with Crippen LogP contribution in [0.4, 0.5) is 0 Å². The standard InChI is InChI=1S/C15H30N4/c1-8-19-14(5)15(13(4)17-19)12(3)16-11(2)9-10-18(6)7/h11-12,16H,8-10H2,1-7H3. The number of nitrogens with zero attached hydrogens (tertiary/aromatic N) is 3. The summed E-state index contributed by atoms with van der Waals surface area (Å²) in [6, 6.07) is 0.874. The predicted molar refractivity (Wildman–Crippen MR) is 81.6 cm³/mol. The first-order valence-electron chi connectivity index (χ1n) is 7.31. The van der Waals surface area contributed by atoms with Gasteiger partial charge in [-0.05, 0) is 61.7 Å². The molecule has 0 aliphatic heterocycles. The zero-order chi connectivity index (χ0) is 14.6. The fraction of sp³-hybridized carbons (Fsp3) is 0.800. The Bertz CT molecular complexity index is 395. The molecule has 4 nitrogen and oxygen atoms in total. The highest BCUT2D eigenvalue weighted by molar-refractivity contribution is 5.27. The van der Waals surface area contributed by atoms with Crippen LogP contribution < -0.4 is 5.32 Å². The van der Waals surface area contributed by atoms with Crippen molar-refractivity contribution in [3.8, 4) is 0 Å². The molecule has 1 aromatic heterocycles. The summed E-state index contributed by atoms with van der Waals surface area (Å²) in [5.41, 5.74) is 3.80. The lowest BCUT2D eigenvalue weighted by Gasteiger charge is -2.22. The van der Waals surface area contributed by atoms with Crippen molar-refractivity contribution in [1.29, 1.82) is 0 Å². The molecule has 2 unspecified atom stereocenters. The molecule has 1 heterocycles. The van der Waals surface area contributed by atoms with Crippen LogP contribution in [0.3, 0.4) is 0 Å². The SMILES string of the molecule is CCn1nc(C)c(C(C)NC(C)CCN(C)C)c1C. The van der Waals surface area contributed by atoms with Gasteiger partial charge in [0.25, 0.3) is 0 Å². The molecule has 4 heteroatoms. The Labute approximate surface area is 118 Å². The fourth-order valence-corrected chi connectivity index (χ4v) is 2.69. The lowest BCUT2D eigenvalue weighted by Crippen LogP contribution is -2.32. The van der Waals surface area contributed by atoms with E-state index in [4.69, 9.17) is 0 Å². The molecule has 2 atom stereocenters. The van der Waals surface area contributed by atoms with Crippen molar-refractivity contribution in [3.63, 3.8) is 0 Å². The third-order valence-corrected chi connectivity index (χ3v) is 3.71. The van der Waals surface area contributed by atoms with Crippen LogP contribution in [0.2, 0.25) is 0 Å². The van der Waals surface area contributed by atoms with Crippen molar-refractivity contribution in [2.75, 3.05) is 20.6 Å². The van der Waals surface area contributed by atoms with E-state index in [-0.39, 0.29) is 0 Å². The third-order valence-electron chi connectivity index (χ3n) is 3.71. The highest BCUT2D eigenvalue weighted by Crippen LogP contribution is 2.22. The van der Waals surface area contributed by atoms with Crippen molar-refractivity contribution < 1.29 is 0 Å². The van der Waals surface area contributed by atoms with E-state index in [9.17, 15) is 0 Å². The van der Waals surface area contributed by atoms with Crippen molar-refractivity contribution in [2.24, 2.45) is 0 Å². The Morgan fingerprint density at radius 2 is 1.89 bits per heavy atom. The maximum Gasteiger partial charge on any atom is 0.0644 e. The normalized spacial score (nSPS) is 14.9. The van der Waals surface area contributed by atoms with Crippen molar-refractivity contribution in [3.05, 3.63) is 17.0 Å². The van der Waals surface area contributed by atoms with E-state index in [0.717, 1.165) is 25.2 Å². The van der Waals surface area contributed by atoms with Gasteiger partial charge >= 0.3 is 0 Å². The molecule has 0 saturated carbocycles. The summed E-state index contributed by atoms with van der Waals surface area (Å²) in [6.45, 7) is 13.0. The Morgan fingerprint density at radius 1 is 1.26 bits per heavy atom. The van der Waals surface area contributed by atoms with Gasteiger partial charge in [0.2, 0.25) is 0 Å². The minimum atomic E-state index is 0.359. The number of hydrogen-bond donors (Lipinski definition) is 1. The quantitative estimate of drug-likeness (QED) is 0.823. The summed E-state index contributed by atoms with van der Waals surface area (Å²) in [7, 11) is 4.24. The smallest absolute Gasteiger partial charge is 0.0644 e. The molecule has 1 rings (SSSR count). The summed E-state index contributed by atoms with van der Waals surface area (Å²) in [4.78, 5) is 2.23. The molecule has 0 aliphatic carbocycles. The summed E-state index contributed by atoms with van der Waals surface area (Å²) in [5, 5.41) is 8.29. The number of aryl methyl sites for hydroxylation is 2. The zero-order valence-electron chi connectivity index (χ0n) is 13.6. The van der Waals surface area contributed by atoms with Gasteiger partial charge in [0.1, 0.15) is 0 Å². The largest absolute Gasteiger partial charge is 0.309 e. The molecule has 0 fully saturated rings. The molecule has 1 N–H and O–H groups in total. The summed E-state index contributed by atoms with van der Waals surface area (Å²) in [6.07, 6.45) is 1.16. The summed E-state index contributed by atoms with van der Waals surface area (Å²) < 4.78 is 2.09. The molecular weight excluding hydrogens is 236 g/mol. The van der Waals surface area contributed by atoms with Crippen molar-refractivity contribution >= 4 is 0 Å². The van der Waals surface area contributed by atoms with Crippen LogP contribution in [0.15, 0.2) is 0 Å².